The maximum absolute atomic E-state index is 12.4. The average Bonchev–Trinajstić information content (AvgIpc) is 3.10. The number of aromatic nitrogens is 2. The van der Waals surface area contributed by atoms with Gasteiger partial charge in [0, 0.05) is 17.8 Å². The number of amides is 1. The summed E-state index contributed by atoms with van der Waals surface area (Å²) in [6, 6.07) is 7.15. The summed E-state index contributed by atoms with van der Waals surface area (Å²) in [7, 11) is 0. The zero-order valence-corrected chi connectivity index (χ0v) is 14.5. The number of carboxylic acids is 1. The SMILES string of the molecule is O=C(NCC1(C(=O)O)CCCCC1)c1cnn(-c2cccc(Cl)c2)c1. The molecular weight excluding hydrogens is 342 g/mol. The lowest BCUT2D eigenvalue weighted by atomic mass is 9.74. The first-order valence-electron chi connectivity index (χ1n) is 8.32. The first-order chi connectivity index (χ1) is 12.0. The van der Waals surface area contributed by atoms with Crippen LogP contribution in [0.1, 0.15) is 42.5 Å². The van der Waals surface area contributed by atoms with Gasteiger partial charge >= 0.3 is 5.97 Å². The molecule has 0 unspecified atom stereocenters. The molecule has 0 aliphatic heterocycles. The molecule has 0 saturated heterocycles. The van der Waals surface area contributed by atoms with Crippen molar-refractivity contribution in [3.05, 3.63) is 47.2 Å². The third-order valence-electron chi connectivity index (χ3n) is 4.77. The maximum Gasteiger partial charge on any atom is 0.311 e. The Balaban J connectivity index is 1.68. The van der Waals surface area contributed by atoms with Crippen LogP contribution in [0.25, 0.3) is 5.69 Å². The third kappa shape index (κ3) is 3.85. The van der Waals surface area contributed by atoms with Gasteiger partial charge in [-0.05, 0) is 31.0 Å². The molecule has 2 N–H and O–H groups in total. The first kappa shape index (κ1) is 17.5. The van der Waals surface area contributed by atoms with E-state index in [2.05, 4.69) is 10.4 Å². The van der Waals surface area contributed by atoms with E-state index in [0.29, 0.717) is 23.4 Å². The van der Waals surface area contributed by atoms with Gasteiger partial charge in [0.05, 0.1) is 22.9 Å². The van der Waals surface area contributed by atoms with Crippen molar-refractivity contribution < 1.29 is 14.7 Å². The van der Waals surface area contributed by atoms with Crippen LogP contribution >= 0.6 is 11.6 Å². The molecule has 1 amide bonds. The molecular formula is C18H20ClN3O3. The molecule has 1 fully saturated rings. The van der Waals surface area contributed by atoms with Gasteiger partial charge in [0.2, 0.25) is 0 Å². The van der Waals surface area contributed by atoms with Crippen molar-refractivity contribution >= 4 is 23.5 Å². The molecule has 6 nitrogen and oxygen atoms in total. The normalized spacial score (nSPS) is 16.4. The fourth-order valence-corrected chi connectivity index (χ4v) is 3.43. The van der Waals surface area contributed by atoms with Crippen LogP contribution in [0.4, 0.5) is 0 Å². The van der Waals surface area contributed by atoms with Gasteiger partial charge in [0.1, 0.15) is 0 Å². The summed E-state index contributed by atoms with van der Waals surface area (Å²) in [6.07, 6.45) is 7.09. The predicted molar refractivity (Wildman–Crippen MR) is 94.1 cm³/mol. The Labute approximate surface area is 150 Å². The number of nitrogens with one attached hydrogen (secondary N) is 1. The van der Waals surface area contributed by atoms with Crippen LogP contribution in [-0.4, -0.2) is 33.3 Å². The maximum atomic E-state index is 12.4. The summed E-state index contributed by atoms with van der Waals surface area (Å²) in [5.41, 5.74) is 0.286. The Kier molecular flexibility index (Phi) is 5.08. The molecule has 7 heteroatoms. The number of carbonyl (C=O) groups excluding carboxylic acids is 1. The highest BCUT2D eigenvalue weighted by atomic mass is 35.5. The summed E-state index contributed by atoms with van der Waals surface area (Å²) in [5.74, 6) is -1.15. The van der Waals surface area contributed by atoms with Crippen molar-refractivity contribution in [1.29, 1.82) is 0 Å². The summed E-state index contributed by atoms with van der Waals surface area (Å²) in [6.45, 7) is 0.142. The number of nitrogens with zero attached hydrogens (tertiary/aromatic N) is 2. The van der Waals surface area contributed by atoms with Crippen LogP contribution in [0.5, 0.6) is 0 Å². The molecule has 0 radical (unpaired) electrons. The first-order valence-corrected chi connectivity index (χ1v) is 8.70. The van der Waals surface area contributed by atoms with E-state index in [1.165, 1.54) is 6.20 Å². The lowest BCUT2D eigenvalue weighted by molar-refractivity contribution is -0.150. The number of carbonyl (C=O) groups is 2. The summed E-state index contributed by atoms with van der Waals surface area (Å²) in [4.78, 5) is 24.0. The highest BCUT2D eigenvalue weighted by Crippen LogP contribution is 2.36. The van der Waals surface area contributed by atoms with E-state index < -0.39 is 11.4 Å². The molecule has 0 atom stereocenters. The van der Waals surface area contributed by atoms with Gasteiger partial charge in [0.15, 0.2) is 0 Å². The van der Waals surface area contributed by atoms with Crippen LogP contribution in [-0.2, 0) is 4.79 Å². The zero-order valence-electron chi connectivity index (χ0n) is 13.7. The smallest absolute Gasteiger partial charge is 0.311 e. The van der Waals surface area contributed by atoms with Crippen molar-refractivity contribution in [3.8, 4) is 5.69 Å². The number of aliphatic carboxylic acids is 1. The number of hydrogen-bond acceptors (Lipinski definition) is 3. The van der Waals surface area contributed by atoms with Gasteiger partial charge in [-0.2, -0.15) is 5.10 Å². The highest BCUT2D eigenvalue weighted by molar-refractivity contribution is 6.30. The molecule has 1 saturated carbocycles. The van der Waals surface area contributed by atoms with Crippen molar-refractivity contribution in [1.82, 2.24) is 15.1 Å². The van der Waals surface area contributed by atoms with Crippen LogP contribution in [0, 0.1) is 5.41 Å². The summed E-state index contributed by atoms with van der Waals surface area (Å²) >= 11 is 5.97. The molecule has 2 aromatic rings. The van der Waals surface area contributed by atoms with E-state index in [1.807, 2.05) is 6.07 Å². The number of hydrogen-bond donors (Lipinski definition) is 2. The third-order valence-corrected chi connectivity index (χ3v) is 5.00. The molecule has 25 heavy (non-hydrogen) atoms. The highest BCUT2D eigenvalue weighted by Gasteiger charge is 2.39. The fraction of sp³-hybridized carbons (Fsp3) is 0.389. The minimum atomic E-state index is -0.850. The minimum Gasteiger partial charge on any atom is -0.481 e. The Bertz CT molecular complexity index is 781. The Morgan fingerprint density at radius 1 is 1.28 bits per heavy atom. The molecule has 0 bridgehead atoms. The zero-order chi connectivity index (χ0) is 17.9. The number of halogens is 1. The van der Waals surface area contributed by atoms with E-state index in [-0.39, 0.29) is 12.5 Å². The van der Waals surface area contributed by atoms with Gasteiger partial charge in [-0.1, -0.05) is 36.9 Å². The second kappa shape index (κ2) is 7.27. The number of carboxylic acid groups (broad SMARTS) is 1. The molecule has 0 spiro atoms. The summed E-state index contributed by atoms with van der Waals surface area (Å²) < 4.78 is 1.56. The van der Waals surface area contributed by atoms with Gasteiger partial charge < -0.3 is 10.4 Å². The minimum absolute atomic E-state index is 0.142. The van der Waals surface area contributed by atoms with Crippen molar-refractivity contribution in [2.75, 3.05) is 6.54 Å². The monoisotopic (exact) mass is 361 g/mol. The van der Waals surface area contributed by atoms with E-state index in [0.717, 1.165) is 24.9 Å². The van der Waals surface area contributed by atoms with Gasteiger partial charge in [-0.25, -0.2) is 4.68 Å². The topological polar surface area (TPSA) is 84.2 Å². The predicted octanol–water partition coefficient (Wildman–Crippen LogP) is 3.29. The van der Waals surface area contributed by atoms with Gasteiger partial charge in [0.25, 0.3) is 5.91 Å². The van der Waals surface area contributed by atoms with Gasteiger partial charge in [-0.15, -0.1) is 0 Å². The lowest BCUT2D eigenvalue weighted by Gasteiger charge is -2.33. The molecule has 1 heterocycles. The van der Waals surface area contributed by atoms with E-state index >= 15 is 0 Å². The van der Waals surface area contributed by atoms with E-state index in [9.17, 15) is 14.7 Å². The second-order valence-electron chi connectivity index (χ2n) is 6.48. The van der Waals surface area contributed by atoms with Crippen molar-refractivity contribution in [2.24, 2.45) is 5.41 Å². The van der Waals surface area contributed by atoms with Crippen molar-refractivity contribution in [2.45, 2.75) is 32.1 Å². The molecule has 1 aromatic heterocycles. The van der Waals surface area contributed by atoms with Crippen LogP contribution < -0.4 is 5.32 Å². The second-order valence-corrected chi connectivity index (χ2v) is 6.92. The average molecular weight is 362 g/mol. The Morgan fingerprint density at radius 2 is 2.04 bits per heavy atom. The van der Waals surface area contributed by atoms with Crippen LogP contribution in [0.2, 0.25) is 5.02 Å². The number of benzene rings is 1. The fourth-order valence-electron chi connectivity index (χ4n) is 3.25. The molecule has 1 aliphatic rings. The Hall–Kier alpha value is -2.34. The number of rotatable bonds is 5. The summed E-state index contributed by atoms with van der Waals surface area (Å²) in [5, 5.41) is 17.1. The standard InChI is InChI=1S/C18H20ClN3O3/c19-14-5-4-6-15(9-14)22-11-13(10-21-22)16(23)20-12-18(17(24)25)7-2-1-3-8-18/h4-6,9-11H,1-3,7-8,12H2,(H,20,23)(H,24,25). The van der Waals surface area contributed by atoms with Crippen molar-refractivity contribution in [3.63, 3.8) is 0 Å². The lowest BCUT2D eigenvalue weighted by Crippen LogP contribution is -2.44. The van der Waals surface area contributed by atoms with Crippen LogP contribution in [0.15, 0.2) is 36.7 Å². The molecule has 1 aromatic carbocycles. The Morgan fingerprint density at radius 3 is 2.72 bits per heavy atom. The molecule has 1 aliphatic carbocycles. The van der Waals surface area contributed by atoms with Crippen LogP contribution in [0.3, 0.4) is 0 Å². The molecule has 3 rings (SSSR count). The quantitative estimate of drug-likeness (QED) is 0.855. The largest absolute Gasteiger partial charge is 0.481 e. The van der Waals surface area contributed by atoms with Gasteiger partial charge in [-0.3, -0.25) is 9.59 Å². The van der Waals surface area contributed by atoms with E-state index in [1.54, 1.807) is 29.1 Å². The van der Waals surface area contributed by atoms with E-state index in [4.69, 9.17) is 11.6 Å². The molecule has 132 valence electrons.